The Hall–Kier alpha value is -1.56. The van der Waals surface area contributed by atoms with Crippen molar-refractivity contribution in [3.63, 3.8) is 0 Å². The van der Waals surface area contributed by atoms with Crippen LogP contribution in [0.5, 0.6) is 11.5 Å². The van der Waals surface area contributed by atoms with Crippen LogP contribution in [-0.2, 0) is 5.60 Å². The van der Waals surface area contributed by atoms with Crippen LogP contribution in [0.4, 0.5) is 0 Å². The van der Waals surface area contributed by atoms with E-state index in [-0.39, 0.29) is 6.04 Å². The molecule has 2 rings (SSSR count). The molecule has 0 saturated heterocycles. The van der Waals surface area contributed by atoms with Crippen molar-refractivity contribution in [1.29, 1.82) is 0 Å². The second-order valence-corrected chi connectivity index (χ2v) is 6.42. The van der Waals surface area contributed by atoms with Gasteiger partial charge in [0.25, 0.3) is 0 Å². The first kappa shape index (κ1) is 16.8. The smallest absolute Gasteiger partial charge is 0.161 e. The maximum atomic E-state index is 10.6. The second kappa shape index (κ2) is 7.13. The summed E-state index contributed by atoms with van der Waals surface area (Å²) in [7, 11) is 3.25. The third kappa shape index (κ3) is 3.80. The Balaban J connectivity index is 2.05. The zero-order valence-corrected chi connectivity index (χ0v) is 14.2. The van der Waals surface area contributed by atoms with Crippen molar-refractivity contribution in [3.8, 4) is 11.5 Å². The summed E-state index contributed by atoms with van der Waals surface area (Å²) in [6.07, 6.45) is 0. The Labute approximate surface area is 135 Å². The minimum atomic E-state index is -0.876. The molecule has 0 aliphatic rings. The third-order valence-electron chi connectivity index (χ3n) is 3.71. The van der Waals surface area contributed by atoms with Crippen molar-refractivity contribution in [2.24, 2.45) is 0 Å². The first-order valence-corrected chi connectivity index (χ1v) is 8.07. The number of benzene rings is 1. The standard InChI is InChI=1S/C17H23NO3S/c1-12(13-7-8-14(20-3)15(10-13)21-4)18-11-17(2,19)16-6-5-9-22-16/h5-10,12,18-19H,11H2,1-4H3. The number of methoxy groups -OCH3 is 2. The lowest BCUT2D eigenvalue weighted by atomic mass is 10.0. The molecule has 2 N–H and O–H groups in total. The van der Waals surface area contributed by atoms with Crippen molar-refractivity contribution in [2.75, 3.05) is 20.8 Å². The summed E-state index contributed by atoms with van der Waals surface area (Å²) in [6, 6.07) is 9.84. The molecule has 1 aromatic heterocycles. The van der Waals surface area contributed by atoms with E-state index in [9.17, 15) is 5.11 Å². The minimum absolute atomic E-state index is 0.0891. The van der Waals surface area contributed by atoms with Crippen LogP contribution in [0.15, 0.2) is 35.7 Å². The molecule has 1 heterocycles. The number of rotatable bonds is 7. The van der Waals surface area contributed by atoms with Crippen molar-refractivity contribution in [1.82, 2.24) is 5.32 Å². The highest BCUT2D eigenvalue weighted by Gasteiger charge is 2.24. The Morgan fingerprint density at radius 1 is 1.23 bits per heavy atom. The average molecular weight is 321 g/mol. The van der Waals surface area contributed by atoms with Gasteiger partial charge in [-0.1, -0.05) is 12.1 Å². The predicted molar refractivity (Wildman–Crippen MR) is 89.9 cm³/mol. The molecule has 2 aromatic rings. The Bertz CT molecular complexity index is 596. The summed E-state index contributed by atoms with van der Waals surface area (Å²) in [5.74, 6) is 1.42. The molecule has 0 fully saturated rings. The minimum Gasteiger partial charge on any atom is -0.493 e. The highest BCUT2D eigenvalue weighted by Crippen LogP contribution is 2.30. The second-order valence-electron chi connectivity index (χ2n) is 5.47. The van der Waals surface area contributed by atoms with Gasteiger partial charge < -0.3 is 19.9 Å². The van der Waals surface area contributed by atoms with Gasteiger partial charge in [0, 0.05) is 17.5 Å². The maximum Gasteiger partial charge on any atom is 0.161 e. The summed E-state index contributed by atoms with van der Waals surface area (Å²) in [5, 5.41) is 15.9. The first-order valence-electron chi connectivity index (χ1n) is 7.19. The van der Waals surface area contributed by atoms with E-state index >= 15 is 0 Å². The molecule has 22 heavy (non-hydrogen) atoms. The summed E-state index contributed by atoms with van der Waals surface area (Å²) in [6.45, 7) is 4.36. The number of hydrogen-bond donors (Lipinski definition) is 2. The van der Waals surface area contributed by atoms with E-state index in [1.807, 2.05) is 42.6 Å². The molecule has 0 spiro atoms. The van der Waals surface area contributed by atoms with E-state index in [0.717, 1.165) is 10.4 Å². The average Bonchev–Trinajstić information content (AvgIpc) is 3.07. The number of nitrogens with one attached hydrogen (secondary N) is 1. The van der Waals surface area contributed by atoms with Gasteiger partial charge in [-0.15, -0.1) is 11.3 Å². The summed E-state index contributed by atoms with van der Waals surface area (Å²) < 4.78 is 10.6. The van der Waals surface area contributed by atoms with Crippen molar-refractivity contribution >= 4 is 11.3 Å². The lowest BCUT2D eigenvalue weighted by Crippen LogP contribution is -2.36. The fourth-order valence-electron chi connectivity index (χ4n) is 2.26. The maximum absolute atomic E-state index is 10.6. The third-order valence-corrected chi connectivity index (χ3v) is 4.84. The molecule has 0 aliphatic heterocycles. The number of aliphatic hydroxyl groups is 1. The van der Waals surface area contributed by atoms with Gasteiger partial charge >= 0.3 is 0 Å². The Morgan fingerprint density at radius 2 is 1.95 bits per heavy atom. The lowest BCUT2D eigenvalue weighted by molar-refractivity contribution is 0.0581. The van der Waals surface area contributed by atoms with Gasteiger partial charge in [-0.25, -0.2) is 0 Å². The highest BCUT2D eigenvalue weighted by atomic mass is 32.1. The van der Waals surface area contributed by atoms with E-state index in [4.69, 9.17) is 9.47 Å². The molecule has 1 aromatic carbocycles. The number of thiophene rings is 1. The van der Waals surface area contributed by atoms with Gasteiger partial charge in [-0.2, -0.15) is 0 Å². The van der Waals surface area contributed by atoms with E-state index in [2.05, 4.69) is 12.2 Å². The zero-order valence-electron chi connectivity index (χ0n) is 13.4. The molecule has 120 valence electrons. The zero-order chi connectivity index (χ0) is 16.2. The molecule has 0 amide bonds. The summed E-state index contributed by atoms with van der Waals surface area (Å²) in [4.78, 5) is 0.958. The predicted octanol–water partition coefficient (Wildman–Crippen LogP) is 3.32. The van der Waals surface area contributed by atoms with Gasteiger partial charge in [0.1, 0.15) is 5.60 Å². The van der Waals surface area contributed by atoms with Crippen molar-refractivity contribution < 1.29 is 14.6 Å². The SMILES string of the molecule is COc1ccc(C(C)NCC(C)(O)c2cccs2)cc1OC. The topological polar surface area (TPSA) is 50.7 Å². The van der Waals surface area contributed by atoms with Gasteiger partial charge in [0.15, 0.2) is 11.5 Å². The quantitative estimate of drug-likeness (QED) is 0.821. The number of ether oxygens (including phenoxy) is 2. The van der Waals surface area contributed by atoms with E-state index in [1.165, 1.54) is 0 Å². The lowest BCUT2D eigenvalue weighted by Gasteiger charge is -2.25. The van der Waals surface area contributed by atoms with E-state index in [1.54, 1.807) is 25.6 Å². The van der Waals surface area contributed by atoms with Crippen LogP contribution in [0, 0.1) is 0 Å². The molecule has 2 unspecified atom stereocenters. The molecule has 0 aliphatic carbocycles. The fraction of sp³-hybridized carbons (Fsp3) is 0.412. The molecule has 0 bridgehead atoms. The molecule has 5 heteroatoms. The summed E-state index contributed by atoms with van der Waals surface area (Å²) >= 11 is 1.56. The Morgan fingerprint density at radius 3 is 2.55 bits per heavy atom. The normalized spacial score (nSPS) is 15.1. The van der Waals surface area contributed by atoms with Crippen LogP contribution in [0.25, 0.3) is 0 Å². The highest BCUT2D eigenvalue weighted by molar-refractivity contribution is 7.10. The van der Waals surface area contributed by atoms with Crippen LogP contribution in [0.3, 0.4) is 0 Å². The van der Waals surface area contributed by atoms with E-state index in [0.29, 0.717) is 18.0 Å². The summed E-state index contributed by atoms with van der Waals surface area (Å²) in [5.41, 5.74) is 0.207. The molecule has 2 atom stereocenters. The van der Waals surface area contributed by atoms with Gasteiger partial charge in [-0.05, 0) is 43.0 Å². The van der Waals surface area contributed by atoms with Crippen LogP contribution < -0.4 is 14.8 Å². The van der Waals surface area contributed by atoms with Gasteiger partial charge in [0.05, 0.1) is 14.2 Å². The largest absolute Gasteiger partial charge is 0.493 e. The fourth-order valence-corrected chi connectivity index (χ4v) is 3.05. The molecular weight excluding hydrogens is 298 g/mol. The van der Waals surface area contributed by atoms with Crippen molar-refractivity contribution in [3.05, 3.63) is 46.2 Å². The monoisotopic (exact) mass is 321 g/mol. The van der Waals surface area contributed by atoms with Crippen molar-refractivity contribution in [2.45, 2.75) is 25.5 Å². The van der Waals surface area contributed by atoms with Crippen LogP contribution in [-0.4, -0.2) is 25.9 Å². The number of hydrogen-bond acceptors (Lipinski definition) is 5. The molecular formula is C17H23NO3S. The molecule has 0 radical (unpaired) electrons. The molecule has 0 saturated carbocycles. The van der Waals surface area contributed by atoms with E-state index < -0.39 is 5.60 Å². The molecule has 4 nitrogen and oxygen atoms in total. The Kier molecular flexibility index (Phi) is 5.45. The first-order chi connectivity index (χ1) is 10.5. The van der Waals surface area contributed by atoms with Gasteiger partial charge in [-0.3, -0.25) is 0 Å². The van der Waals surface area contributed by atoms with Crippen LogP contribution in [0.1, 0.15) is 30.3 Å². The van der Waals surface area contributed by atoms with Gasteiger partial charge in [0.2, 0.25) is 0 Å². The van der Waals surface area contributed by atoms with Crippen LogP contribution >= 0.6 is 11.3 Å². The van der Waals surface area contributed by atoms with Crippen LogP contribution in [0.2, 0.25) is 0 Å².